The average molecular weight is 281 g/mol. The standard InChI is InChI=1S/C13H19N3O4/c1-13(2,3)20-12(18)16-8-4-10-11(15-5-8)19-9(7-17)6-14-10/h4-5,9,14,17H,6-7H2,1-3H3,(H,16,18). The van der Waals surface area contributed by atoms with Crippen LogP contribution in [-0.4, -0.2) is 41.0 Å². The molecule has 2 heterocycles. The van der Waals surface area contributed by atoms with E-state index in [2.05, 4.69) is 15.6 Å². The van der Waals surface area contributed by atoms with Gasteiger partial charge in [-0.25, -0.2) is 9.78 Å². The number of hydrogen-bond acceptors (Lipinski definition) is 6. The number of hydrogen-bond donors (Lipinski definition) is 3. The van der Waals surface area contributed by atoms with Crippen molar-refractivity contribution in [3.63, 3.8) is 0 Å². The van der Waals surface area contributed by atoms with Crippen molar-refractivity contribution in [2.45, 2.75) is 32.5 Å². The van der Waals surface area contributed by atoms with Gasteiger partial charge in [-0.05, 0) is 26.8 Å². The van der Waals surface area contributed by atoms with E-state index in [4.69, 9.17) is 14.6 Å². The normalized spacial score (nSPS) is 17.5. The van der Waals surface area contributed by atoms with Crippen molar-refractivity contribution in [2.24, 2.45) is 0 Å². The lowest BCUT2D eigenvalue weighted by Crippen LogP contribution is -2.34. The van der Waals surface area contributed by atoms with E-state index in [0.717, 1.165) is 0 Å². The molecule has 1 unspecified atom stereocenters. The molecule has 110 valence electrons. The van der Waals surface area contributed by atoms with Gasteiger partial charge in [0.05, 0.1) is 30.7 Å². The van der Waals surface area contributed by atoms with Gasteiger partial charge in [0.15, 0.2) is 0 Å². The first-order valence-corrected chi connectivity index (χ1v) is 6.39. The van der Waals surface area contributed by atoms with Crippen molar-refractivity contribution in [3.8, 4) is 5.88 Å². The van der Waals surface area contributed by atoms with Gasteiger partial charge in [0.1, 0.15) is 11.7 Å². The van der Waals surface area contributed by atoms with Crippen molar-refractivity contribution in [1.82, 2.24) is 4.98 Å². The van der Waals surface area contributed by atoms with Crippen molar-refractivity contribution in [2.75, 3.05) is 23.8 Å². The second-order valence-electron chi connectivity index (χ2n) is 5.51. The number of amides is 1. The van der Waals surface area contributed by atoms with Gasteiger partial charge in [0, 0.05) is 0 Å². The largest absolute Gasteiger partial charge is 0.469 e. The predicted octanol–water partition coefficient (Wildman–Crippen LogP) is 1.59. The maximum Gasteiger partial charge on any atom is 0.412 e. The van der Waals surface area contributed by atoms with Gasteiger partial charge < -0.3 is 19.9 Å². The molecular weight excluding hydrogens is 262 g/mol. The Hall–Kier alpha value is -2.02. The molecule has 20 heavy (non-hydrogen) atoms. The lowest BCUT2D eigenvalue weighted by Gasteiger charge is -2.25. The highest BCUT2D eigenvalue weighted by atomic mass is 16.6. The highest BCUT2D eigenvalue weighted by Crippen LogP contribution is 2.29. The maximum absolute atomic E-state index is 11.6. The van der Waals surface area contributed by atoms with E-state index < -0.39 is 11.7 Å². The minimum absolute atomic E-state index is 0.0774. The monoisotopic (exact) mass is 281 g/mol. The highest BCUT2D eigenvalue weighted by Gasteiger charge is 2.21. The van der Waals surface area contributed by atoms with Crippen LogP contribution in [0.2, 0.25) is 0 Å². The van der Waals surface area contributed by atoms with Crippen LogP contribution < -0.4 is 15.4 Å². The summed E-state index contributed by atoms with van der Waals surface area (Å²) >= 11 is 0. The number of aliphatic hydroxyl groups excluding tert-OH is 1. The van der Waals surface area contributed by atoms with E-state index in [9.17, 15) is 4.79 Å². The lowest BCUT2D eigenvalue weighted by atomic mass is 10.2. The van der Waals surface area contributed by atoms with Crippen molar-refractivity contribution in [1.29, 1.82) is 0 Å². The molecule has 1 aliphatic heterocycles. The first kappa shape index (κ1) is 14.4. The molecule has 1 atom stereocenters. The van der Waals surface area contributed by atoms with E-state index in [0.29, 0.717) is 23.8 Å². The Bertz CT molecular complexity index is 499. The number of nitrogens with zero attached hydrogens (tertiary/aromatic N) is 1. The lowest BCUT2D eigenvalue weighted by molar-refractivity contribution is 0.0636. The van der Waals surface area contributed by atoms with Crippen LogP contribution in [0.25, 0.3) is 0 Å². The molecule has 1 aromatic heterocycles. The minimum Gasteiger partial charge on any atom is -0.469 e. The molecule has 0 spiro atoms. The second kappa shape index (κ2) is 5.54. The first-order valence-electron chi connectivity index (χ1n) is 6.39. The highest BCUT2D eigenvalue weighted by molar-refractivity contribution is 5.85. The third-order valence-electron chi connectivity index (χ3n) is 2.50. The third kappa shape index (κ3) is 3.74. The average Bonchev–Trinajstić information content (AvgIpc) is 2.35. The molecule has 0 aliphatic carbocycles. The van der Waals surface area contributed by atoms with Crippen LogP contribution in [0, 0.1) is 0 Å². The molecule has 1 amide bonds. The van der Waals surface area contributed by atoms with Gasteiger partial charge >= 0.3 is 6.09 Å². The van der Waals surface area contributed by atoms with Crippen LogP contribution in [0.15, 0.2) is 12.3 Å². The van der Waals surface area contributed by atoms with Crippen molar-refractivity contribution in [3.05, 3.63) is 12.3 Å². The van der Waals surface area contributed by atoms with Crippen LogP contribution in [0.4, 0.5) is 16.2 Å². The molecule has 0 fully saturated rings. The summed E-state index contributed by atoms with van der Waals surface area (Å²) in [6.07, 6.45) is 0.633. The van der Waals surface area contributed by atoms with E-state index in [1.807, 2.05) is 0 Å². The summed E-state index contributed by atoms with van der Waals surface area (Å²) in [5.41, 5.74) is 0.626. The molecule has 0 saturated carbocycles. The molecule has 7 heteroatoms. The zero-order valence-electron chi connectivity index (χ0n) is 11.8. The molecule has 0 radical (unpaired) electrons. The number of anilines is 2. The quantitative estimate of drug-likeness (QED) is 0.762. The minimum atomic E-state index is -0.554. The van der Waals surface area contributed by atoms with Gasteiger partial charge in [-0.2, -0.15) is 0 Å². The number of nitrogens with one attached hydrogen (secondary N) is 2. The number of aromatic nitrogens is 1. The Labute approximate surface area is 117 Å². The summed E-state index contributed by atoms with van der Waals surface area (Å²) in [7, 11) is 0. The number of aliphatic hydroxyl groups is 1. The van der Waals surface area contributed by atoms with Gasteiger partial charge in [-0.15, -0.1) is 0 Å². The summed E-state index contributed by atoms with van der Waals surface area (Å²) in [4.78, 5) is 15.7. The number of rotatable bonds is 2. The van der Waals surface area contributed by atoms with E-state index >= 15 is 0 Å². The molecule has 2 rings (SSSR count). The number of carbonyl (C=O) groups excluding carboxylic acids is 1. The number of fused-ring (bicyclic) bond motifs is 1. The predicted molar refractivity (Wildman–Crippen MR) is 74.1 cm³/mol. The van der Waals surface area contributed by atoms with Crippen LogP contribution >= 0.6 is 0 Å². The zero-order chi connectivity index (χ0) is 14.8. The fourth-order valence-electron chi connectivity index (χ4n) is 1.69. The molecule has 3 N–H and O–H groups in total. The van der Waals surface area contributed by atoms with Gasteiger partial charge in [-0.3, -0.25) is 5.32 Å². The molecule has 1 aliphatic rings. The Kier molecular flexibility index (Phi) is 3.99. The third-order valence-corrected chi connectivity index (χ3v) is 2.50. The maximum atomic E-state index is 11.6. The van der Waals surface area contributed by atoms with E-state index in [-0.39, 0.29) is 12.7 Å². The molecule has 1 aromatic rings. The smallest absolute Gasteiger partial charge is 0.412 e. The zero-order valence-corrected chi connectivity index (χ0v) is 11.8. The number of ether oxygens (including phenoxy) is 2. The van der Waals surface area contributed by atoms with Gasteiger partial charge in [-0.1, -0.05) is 0 Å². The summed E-state index contributed by atoms with van der Waals surface area (Å²) in [6, 6.07) is 1.71. The van der Waals surface area contributed by atoms with Crippen LogP contribution in [0.5, 0.6) is 5.88 Å². The Balaban J connectivity index is 2.03. The Morgan fingerprint density at radius 1 is 1.65 bits per heavy atom. The molecule has 0 bridgehead atoms. The van der Waals surface area contributed by atoms with Gasteiger partial charge in [0.2, 0.25) is 5.88 Å². The summed E-state index contributed by atoms with van der Waals surface area (Å²) < 4.78 is 10.6. The topological polar surface area (TPSA) is 92.7 Å². The van der Waals surface area contributed by atoms with Crippen molar-refractivity contribution < 1.29 is 19.4 Å². The van der Waals surface area contributed by atoms with E-state index in [1.54, 1.807) is 26.8 Å². The Morgan fingerprint density at radius 2 is 2.40 bits per heavy atom. The van der Waals surface area contributed by atoms with Crippen molar-refractivity contribution >= 4 is 17.5 Å². The molecule has 0 saturated heterocycles. The number of carbonyl (C=O) groups is 1. The molecule has 0 aromatic carbocycles. The summed E-state index contributed by atoms with van der Waals surface area (Å²) in [6.45, 7) is 5.79. The Morgan fingerprint density at radius 3 is 3.05 bits per heavy atom. The molecule has 7 nitrogen and oxygen atoms in total. The summed E-state index contributed by atoms with van der Waals surface area (Å²) in [5, 5.41) is 14.7. The molecular formula is C13H19N3O4. The number of pyridine rings is 1. The van der Waals surface area contributed by atoms with E-state index in [1.165, 1.54) is 6.20 Å². The second-order valence-corrected chi connectivity index (χ2v) is 5.51. The fourth-order valence-corrected chi connectivity index (χ4v) is 1.69. The SMILES string of the molecule is CC(C)(C)OC(=O)Nc1cnc2c(c1)NCC(CO)O2. The van der Waals surface area contributed by atoms with Gasteiger partial charge in [0.25, 0.3) is 0 Å². The summed E-state index contributed by atoms with van der Waals surface area (Å²) in [5.74, 6) is 0.407. The van der Waals surface area contributed by atoms with Crippen LogP contribution in [0.1, 0.15) is 20.8 Å². The van der Waals surface area contributed by atoms with Crippen LogP contribution in [0.3, 0.4) is 0 Å². The van der Waals surface area contributed by atoms with Crippen LogP contribution in [-0.2, 0) is 4.74 Å². The fraction of sp³-hybridized carbons (Fsp3) is 0.538. The first-order chi connectivity index (χ1) is 9.37.